The van der Waals surface area contributed by atoms with Crippen LogP contribution >= 0.6 is 0 Å². The van der Waals surface area contributed by atoms with Gasteiger partial charge in [-0.1, -0.05) is 0 Å². The number of amides is 1. The van der Waals surface area contributed by atoms with Crippen LogP contribution in [0.2, 0.25) is 0 Å². The predicted octanol–water partition coefficient (Wildman–Crippen LogP) is 0.779. The van der Waals surface area contributed by atoms with E-state index in [1.54, 1.807) is 13.0 Å². The van der Waals surface area contributed by atoms with Gasteiger partial charge in [0.15, 0.2) is 0 Å². The molecule has 1 fully saturated rings. The van der Waals surface area contributed by atoms with Crippen LogP contribution in [0.1, 0.15) is 28.9 Å². The van der Waals surface area contributed by atoms with Crippen molar-refractivity contribution >= 4 is 17.7 Å². The number of aryl methyl sites for hydroxylation is 1. The molecule has 2 heterocycles. The normalized spacial score (nSPS) is 18.5. The van der Waals surface area contributed by atoms with Gasteiger partial charge in [-0.25, -0.2) is 9.78 Å². The van der Waals surface area contributed by atoms with E-state index in [1.807, 2.05) is 0 Å². The van der Waals surface area contributed by atoms with Crippen LogP contribution in [-0.2, 0) is 4.79 Å². The summed E-state index contributed by atoms with van der Waals surface area (Å²) in [5, 5.41) is 14.8. The van der Waals surface area contributed by atoms with Gasteiger partial charge in [0.05, 0.1) is 11.3 Å². The molecule has 0 radical (unpaired) electrons. The molecule has 1 unspecified atom stereocenters. The van der Waals surface area contributed by atoms with Gasteiger partial charge in [-0.3, -0.25) is 4.79 Å². The number of carbonyl (C=O) groups is 2. The smallest absolute Gasteiger partial charge is 0.337 e. The molecule has 1 amide bonds. The Morgan fingerprint density at radius 2 is 2.39 bits per heavy atom. The van der Waals surface area contributed by atoms with E-state index in [9.17, 15) is 9.59 Å². The third-order valence-corrected chi connectivity index (χ3v) is 2.93. The number of carboxylic acid groups (broad SMARTS) is 1. The topological polar surface area (TPSA) is 91.3 Å². The number of nitrogens with zero attached hydrogens (tertiary/aromatic N) is 1. The molecule has 96 valence electrons. The van der Waals surface area contributed by atoms with Gasteiger partial charge in [0.2, 0.25) is 5.91 Å². The predicted molar refractivity (Wildman–Crippen MR) is 65.6 cm³/mol. The highest BCUT2D eigenvalue weighted by molar-refractivity contribution is 5.89. The Balaban J connectivity index is 1.96. The summed E-state index contributed by atoms with van der Waals surface area (Å²) in [6.07, 6.45) is 1.38. The largest absolute Gasteiger partial charge is 0.478 e. The third-order valence-electron chi connectivity index (χ3n) is 2.93. The Bertz CT molecular complexity index is 487. The van der Waals surface area contributed by atoms with Crippen LogP contribution < -0.4 is 10.6 Å². The Kier molecular flexibility index (Phi) is 3.45. The van der Waals surface area contributed by atoms with Crippen molar-refractivity contribution in [2.24, 2.45) is 0 Å². The zero-order valence-corrected chi connectivity index (χ0v) is 10.1. The first-order valence-corrected chi connectivity index (χ1v) is 5.80. The molecular weight excluding hydrogens is 234 g/mol. The molecule has 0 aromatic carbocycles. The van der Waals surface area contributed by atoms with Crippen LogP contribution in [0.25, 0.3) is 0 Å². The summed E-state index contributed by atoms with van der Waals surface area (Å²) >= 11 is 0. The maximum Gasteiger partial charge on any atom is 0.337 e. The highest BCUT2D eigenvalue weighted by atomic mass is 16.4. The monoisotopic (exact) mass is 249 g/mol. The SMILES string of the molecule is Cc1nc(NCC2CCC(=O)N2)ccc1C(=O)O. The number of carboxylic acids is 1. The summed E-state index contributed by atoms with van der Waals surface area (Å²) in [6.45, 7) is 2.26. The molecule has 1 aromatic heterocycles. The van der Waals surface area contributed by atoms with E-state index in [2.05, 4.69) is 15.6 Å². The molecule has 1 aliphatic rings. The van der Waals surface area contributed by atoms with Crippen molar-refractivity contribution in [3.8, 4) is 0 Å². The number of nitrogens with one attached hydrogen (secondary N) is 2. The van der Waals surface area contributed by atoms with Crippen molar-refractivity contribution in [2.45, 2.75) is 25.8 Å². The molecule has 0 saturated carbocycles. The number of pyridine rings is 1. The summed E-state index contributed by atoms with van der Waals surface area (Å²) < 4.78 is 0. The van der Waals surface area contributed by atoms with Gasteiger partial charge >= 0.3 is 5.97 Å². The molecule has 1 aromatic rings. The van der Waals surface area contributed by atoms with Gasteiger partial charge in [0.25, 0.3) is 0 Å². The van der Waals surface area contributed by atoms with E-state index in [-0.39, 0.29) is 17.5 Å². The number of carbonyl (C=O) groups excluding carboxylic acids is 1. The molecular formula is C12H15N3O3. The lowest BCUT2D eigenvalue weighted by Crippen LogP contribution is -2.32. The van der Waals surface area contributed by atoms with Crippen LogP contribution in [0, 0.1) is 6.92 Å². The summed E-state index contributed by atoms with van der Waals surface area (Å²) in [6, 6.07) is 3.28. The fraction of sp³-hybridized carbons (Fsp3) is 0.417. The molecule has 1 aliphatic heterocycles. The second-order valence-corrected chi connectivity index (χ2v) is 4.32. The molecule has 6 heteroatoms. The number of hydrogen-bond donors (Lipinski definition) is 3. The molecule has 0 spiro atoms. The van der Waals surface area contributed by atoms with Gasteiger partial charge in [-0.2, -0.15) is 0 Å². The van der Waals surface area contributed by atoms with E-state index in [1.165, 1.54) is 6.07 Å². The average Bonchev–Trinajstić information content (AvgIpc) is 2.72. The van der Waals surface area contributed by atoms with Crippen LogP contribution in [0.5, 0.6) is 0 Å². The molecule has 1 atom stereocenters. The second kappa shape index (κ2) is 5.03. The molecule has 2 rings (SSSR count). The highest BCUT2D eigenvalue weighted by Crippen LogP contribution is 2.12. The van der Waals surface area contributed by atoms with Crippen molar-refractivity contribution in [1.82, 2.24) is 10.3 Å². The van der Waals surface area contributed by atoms with Gasteiger partial charge in [-0.15, -0.1) is 0 Å². The van der Waals surface area contributed by atoms with Gasteiger partial charge in [0, 0.05) is 19.0 Å². The molecule has 3 N–H and O–H groups in total. The summed E-state index contributed by atoms with van der Waals surface area (Å²) in [4.78, 5) is 26.0. The Labute approximate surface area is 104 Å². The van der Waals surface area contributed by atoms with Gasteiger partial charge in [-0.05, 0) is 25.5 Å². The van der Waals surface area contributed by atoms with Crippen LogP contribution in [0.15, 0.2) is 12.1 Å². The maximum absolute atomic E-state index is 11.0. The lowest BCUT2D eigenvalue weighted by Gasteiger charge is -2.12. The quantitative estimate of drug-likeness (QED) is 0.733. The van der Waals surface area contributed by atoms with Crippen molar-refractivity contribution in [1.29, 1.82) is 0 Å². The number of hydrogen-bond acceptors (Lipinski definition) is 4. The molecule has 18 heavy (non-hydrogen) atoms. The fourth-order valence-corrected chi connectivity index (χ4v) is 1.94. The molecule has 1 saturated heterocycles. The minimum absolute atomic E-state index is 0.0761. The minimum atomic E-state index is -0.977. The van der Waals surface area contributed by atoms with Crippen molar-refractivity contribution in [3.05, 3.63) is 23.4 Å². The Morgan fingerprint density at radius 3 is 2.94 bits per heavy atom. The Morgan fingerprint density at radius 1 is 1.61 bits per heavy atom. The standard InChI is InChI=1S/C12H15N3O3/c1-7-9(12(17)18)3-4-10(14-7)13-6-8-2-5-11(16)15-8/h3-4,8H,2,5-6H2,1H3,(H,13,14)(H,15,16)(H,17,18). The van der Waals surface area contributed by atoms with Crippen LogP contribution in [0.4, 0.5) is 5.82 Å². The van der Waals surface area contributed by atoms with E-state index in [0.717, 1.165) is 6.42 Å². The number of aromatic nitrogens is 1. The Hall–Kier alpha value is -2.11. The minimum Gasteiger partial charge on any atom is -0.478 e. The van der Waals surface area contributed by atoms with Crippen molar-refractivity contribution in [2.75, 3.05) is 11.9 Å². The number of anilines is 1. The lowest BCUT2D eigenvalue weighted by molar-refractivity contribution is -0.119. The summed E-state index contributed by atoms with van der Waals surface area (Å²) in [5.41, 5.74) is 0.678. The molecule has 0 aliphatic carbocycles. The first-order chi connectivity index (χ1) is 8.56. The zero-order chi connectivity index (χ0) is 13.1. The fourth-order valence-electron chi connectivity index (χ4n) is 1.94. The maximum atomic E-state index is 11.0. The van der Waals surface area contributed by atoms with E-state index < -0.39 is 5.97 Å². The number of rotatable bonds is 4. The first-order valence-electron chi connectivity index (χ1n) is 5.80. The van der Waals surface area contributed by atoms with Crippen LogP contribution in [0.3, 0.4) is 0 Å². The average molecular weight is 249 g/mol. The van der Waals surface area contributed by atoms with E-state index in [0.29, 0.717) is 24.5 Å². The van der Waals surface area contributed by atoms with Crippen molar-refractivity contribution in [3.63, 3.8) is 0 Å². The third kappa shape index (κ3) is 2.77. The van der Waals surface area contributed by atoms with Gasteiger partial charge in [0.1, 0.15) is 5.82 Å². The second-order valence-electron chi connectivity index (χ2n) is 4.32. The molecule has 6 nitrogen and oxygen atoms in total. The van der Waals surface area contributed by atoms with E-state index >= 15 is 0 Å². The zero-order valence-electron chi connectivity index (χ0n) is 10.1. The summed E-state index contributed by atoms with van der Waals surface area (Å²) in [5.74, 6) is -0.277. The van der Waals surface area contributed by atoms with E-state index in [4.69, 9.17) is 5.11 Å². The van der Waals surface area contributed by atoms with Crippen LogP contribution in [-0.4, -0.2) is 34.6 Å². The van der Waals surface area contributed by atoms with Gasteiger partial charge < -0.3 is 15.7 Å². The lowest BCUT2D eigenvalue weighted by atomic mass is 10.2. The first kappa shape index (κ1) is 12.3. The van der Waals surface area contributed by atoms with Crippen molar-refractivity contribution < 1.29 is 14.7 Å². The molecule has 0 bridgehead atoms. The highest BCUT2D eigenvalue weighted by Gasteiger charge is 2.20. The summed E-state index contributed by atoms with van der Waals surface area (Å²) in [7, 11) is 0. The number of aromatic carboxylic acids is 1.